The smallest absolute Gasteiger partial charge is 0.243 e. The molecule has 0 aromatic heterocycles. The van der Waals surface area contributed by atoms with E-state index in [1.165, 1.54) is 4.31 Å². The van der Waals surface area contributed by atoms with Crippen LogP contribution in [0.4, 0.5) is 0 Å². The van der Waals surface area contributed by atoms with Crippen LogP contribution in [0.1, 0.15) is 31.9 Å². The van der Waals surface area contributed by atoms with E-state index in [-0.39, 0.29) is 6.10 Å². The van der Waals surface area contributed by atoms with Crippen LogP contribution in [-0.2, 0) is 21.3 Å². The molecule has 0 saturated carbocycles. The lowest BCUT2D eigenvalue weighted by Gasteiger charge is -2.41. The number of morpholine rings is 1. The molecule has 0 radical (unpaired) electrons. The summed E-state index contributed by atoms with van der Waals surface area (Å²) in [7, 11) is -3.53. The second-order valence-corrected chi connectivity index (χ2v) is 8.20. The van der Waals surface area contributed by atoms with Gasteiger partial charge in [-0.05, 0) is 44.9 Å². The molecule has 1 saturated heterocycles. The van der Waals surface area contributed by atoms with Crippen LogP contribution in [0.3, 0.4) is 0 Å². The Bertz CT molecular complexity index is 626. The van der Waals surface area contributed by atoms with Gasteiger partial charge in [-0.2, -0.15) is 4.31 Å². The Balaban J connectivity index is 2.42. The number of nitrogens with two attached hydrogens (primary N) is 1. The minimum absolute atomic E-state index is 0.124. The molecule has 0 bridgehead atoms. The molecule has 0 amide bonds. The molecule has 5 nitrogen and oxygen atoms in total. The molecule has 1 aromatic carbocycles. The molecule has 6 heteroatoms. The van der Waals surface area contributed by atoms with Crippen LogP contribution in [0, 0.1) is 6.92 Å². The molecule has 1 aromatic rings. The molecular formula is C15H24N2O3S. The number of sulfonamides is 1. The zero-order valence-electron chi connectivity index (χ0n) is 13.1. The number of nitrogens with zero attached hydrogens (tertiary/aromatic N) is 1. The largest absolute Gasteiger partial charge is 0.370 e. The van der Waals surface area contributed by atoms with Crippen molar-refractivity contribution < 1.29 is 13.2 Å². The van der Waals surface area contributed by atoms with Gasteiger partial charge in [-0.25, -0.2) is 8.42 Å². The van der Waals surface area contributed by atoms with E-state index in [4.69, 9.17) is 10.5 Å². The van der Waals surface area contributed by atoms with Gasteiger partial charge in [0.15, 0.2) is 0 Å². The van der Waals surface area contributed by atoms with Crippen LogP contribution < -0.4 is 5.73 Å². The van der Waals surface area contributed by atoms with E-state index in [1.807, 2.05) is 39.8 Å². The lowest BCUT2D eigenvalue weighted by molar-refractivity contribution is -0.109. The van der Waals surface area contributed by atoms with E-state index in [1.54, 1.807) is 6.07 Å². The zero-order valence-corrected chi connectivity index (χ0v) is 13.9. The molecule has 2 rings (SSSR count). The number of rotatable bonds is 3. The summed E-state index contributed by atoms with van der Waals surface area (Å²) >= 11 is 0. The molecule has 118 valence electrons. The zero-order chi connectivity index (χ0) is 15.8. The quantitative estimate of drug-likeness (QED) is 0.921. The highest BCUT2D eigenvalue weighted by Crippen LogP contribution is 2.28. The van der Waals surface area contributed by atoms with Gasteiger partial charge in [0.2, 0.25) is 10.0 Å². The molecule has 0 spiro atoms. The fraction of sp³-hybridized carbons (Fsp3) is 0.600. The second-order valence-electron chi connectivity index (χ2n) is 6.29. The van der Waals surface area contributed by atoms with Gasteiger partial charge in [-0.15, -0.1) is 0 Å². The Labute approximate surface area is 127 Å². The maximum atomic E-state index is 12.9. The molecule has 1 heterocycles. The third-order valence-electron chi connectivity index (χ3n) is 3.64. The van der Waals surface area contributed by atoms with E-state index in [0.29, 0.717) is 24.5 Å². The third-order valence-corrected chi connectivity index (χ3v) is 5.60. The molecule has 1 fully saturated rings. The second kappa shape index (κ2) is 5.68. The van der Waals surface area contributed by atoms with Crippen molar-refractivity contribution >= 4 is 10.0 Å². The molecule has 21 heavy (non-hydrogen) atoms. The fourth-order valence-electron chi connectivity index (χ4n) is 2.77. The van der Waals surface area contributed by atoms with Crippen LogP contribution in [0.15, 0.2) is 23.1 Å². The van der Waals surface area contributed by atoms with Crippen LogP contribution in [0.5, 0.6) is 0 Å². The maximum absolute atomic E-state index is 12.9. The summed E-state index contributed by atoms with van der Waals surface area (Å²) in [6.45, 7) is 8.58. The standard InChI is InChI=1S/C15H24N2O3S/c1-11-5-6-13(8-16)7-14(11)21(18,19)17-9-12(2)20-15(3,4)10-17/h5-7,12H,8-10,16H2,1-4H3. The lowest BCUT2D eigenvalue weighted by atomic mass is 10.1. The van der Waals surface area contributed by atoms with Crippen molar-refractivity contribution in [3.63, 3.8) is 0 Å². The number of ether oxygens (including phenoxy) is 1. The summed E-state index contributed by atoms with van der Waals surface area (Å²) in [6.07, 6.45) is -0.124. The van der Waals surface area contributed by atoms with E-state index in [2.05, 4.69) is 0 Å². The summed E-state index contributed by atoms with van der Waals surface area (Å²) < 4.78 is 33.2. The van der Waals surface area contributed by atoms with Gasteiger partial charge in [0, 0.05) is 19.6 Å². The third kappa shape index (κ3) is 3.45. The monoisotopic (exact) mass is 312 g/mol. The first kappa shape index (κ1) is 16.4. The van der Waals surface area contributed by atoms with Crippen LogP contribution in [0.2, 0.25) is 0 Å². The van der Waals surface area contributed by atoms with E-state index >= 15 is 0 Å². The molecule has 1 aliphatic heterocycles. The van der Waals surface area contributed by atoms with Crippen molar-refractivity contribution in [3.8, 4) is 0 Å². The molecule has 1 unspecified atom stereocenters. The highest BCUT2D eigenvalue weighted by Gasteiger charge is 2.38. The van der Waals surface area contributed by atoms with Crippen molar-refractivity contribution in [2.45, 2.75) is 50.8 Å². The predicted octanol–water partition coefficient (Wildman–Crippen LogP) is 1.64. The van der Waals surface area contributed by atoms with Crippen LogP contribution in [0.25, 0.3) is 0 Å². The minimum Gasteiger partial charge on any atom is -0.370 e. The molecule has 2 N–H and O–H groups in total. The number of hydrogen-bond donors (Lipinski definition) is 1. The van der Waals surface area contributed by atoms with E-state index in [9.17, 15) is 8.42 Å². The van der Waals surface area contributed by atoms with Gasteiger partial charge in [0.25, 0.3) is 0 Å². The Morgan fingerprint density at radius 2 is 2.10 bits per heavy atom. The fourth-order valence-corrected chi connectivity index (χ4v) is 4.71. The van der Waals surface area contributed by atoms with Gasteiger partial charge in [0.05, 0.1) is 16.6 Å². The molecule has 0 aliphatic carbocycles. The molecule has 1 atom stereocenters. The highest BCUT2D eigenvalue weighted by molar-refractivity contribution is 7.89. The van der Waals surface area contributed by atoms with Gasteiger partial charge in [-0.1, -0.05) is 12.1 Å². The summed E-state index contributed by atoms with van der Waals surface area (Å²) in [5, 5.41) is 0. The normalized spacial score (nSPS) is 23.2. The average Bonchev–Trinajstić information content (AvgIpc) is 2.36. The Kier molecular flexibility index (Phi) is 4.44. The minimum atomic E-state index is -3.53. The Morgan fingerprint density at radius 1 is 1.43 bits per heavy atom. The predicted molar refractivity (Wildman–Crippen MR) is 82.5 cm³/mol. The first-order valence-electron chi connectivity index (χ1n) is 7.13. The summed E-state index contributed by atoms with van der Waals surface area (Å²) in [6, 6.07) is 5.35. The van der Waals surface area contributed by atoms with E-state index < -0.39 is 15.6 Å². The number of aryl methyl sites for hydroxylation is 1. The summed E-state index contributed by atoms with van der Waals surface area (Å²) in [5.74, 6) is 0. The summed E-state index contributed by atoms with van der Waals surface area (Å²) in [4.78, 5) is 0.343. The number of benzene rings is 1. The van der Waals surface area contributed by atoms with Gasteiger partial charge in [0.1, 0.15) is 0 Å². The van der Waals surface area contributed by atoms with Crippen molar-refractivity contribution in [3.05, 3.63) is 29.3 Å². The van der Waals surface area contributed by atoms with Gasteiger partial charge in [-0.3, -0.25) is 0 Å². The SMILES string of the molecule is Cc1ccc(CN)cc1S(=O)(=O)N1CC(C)OC(C)(C)C1. The Hall–Kier alpha value is -0.950. The van der Waals surface area contributed by atoms with Crippen LogP contribution >= 0.6 is 0 Å². The Morgan fingerprint density at radius 3 is 2.67 bits per heavy atom. The first-order valence-corrected chi connectivity index (χ1v) is 8.57. The van der Waals surface area contributed by atoms with Crippen molar-refractivity contribution in [2.75, 3.05) is 13.1 Å². The van der Waals surface area contributed by atoms with E-state index in [0.717, 1.165) is 11.1 Å². The number of hydrogen-bond acceptors (Lipinski definition) is 4. The van der Waals surface area contributed by atoms with Crippen molar-refractivity contribution in [2.24, 2.45) is 5.73 Å². The first-order chi connectivity index (χ1) is 9.65. The average molecular weight is 312 g/mol. The van der Waals surface area contributed by atoms with Crippen molar-refractivity contribution in [1.82, 2.24) is 4.31 Å². The molecular weight excluding hydrogens is 288 g/mol. The van der Waals surface area contributed by atoms with Crippen LogP contribution in [-0.4, -0.2) is 37.5 Å². The lowest BCUT2D eigenvalue weighted by Crippen LogP contribution is -2.53. The summed E-state index contributed by atoms with van der Waals surface area (Å²) in [5.41, 5.74) is 6.70. The van der Waals surface area contributed by atoms with Gasteiger partial charge >= 0.3 is 0 Å². The van der Waals surface area contributed by atoms with Crippen molar-refractivity contribution in [1.29, 1.82) is 0 Å². The molecule has 1 aliphatic rings. The maximum Gasteiger partial charge on any atom is 0.243 e. The van der Waals surface area contributed by atoms with Gasteiger partial charge < -0.3 is 10.5 Å². The topological polar surface area (TPSA) is 72.6 Å². The highest BCUT2D eigenvalue weighted by atomic mass is 32.2.